The van der Waals surface area contributed by atoms with Gasteiger partial charge in [0.2, 0.25) is 0 Å². The lowest BCUT2D eigenvalue weighted by Crippen LogP contribution is -2.41. The summed E-state index contributed by atoms with van der Waals surface area (Å²) in [6.07, 6.45) is 8.57. The van der Waals surface area contributed by atoms with Gasteiger partial charge in [-0.05, 0) is 31.6 Å². The van der Waals surface area contributed by atoms with E-state index in [1.807, 2.05) is 0 Å². The van der Waals surface area contributed by atoms with Gasteiger partial charge in [-0.15, -0.1) is 10.2 Å². The number of aromatic nitrogens is 6. The number of carbonyl (C=O) groups is 1. The van der Waals surface area contributed by atoms with E-state index in [4.69, 9.17) is 0 Å². The lowest BCUT2D eigenvalue weighted by atomic mass is 10.1. The van der Waals surface area contributed by atoms with Crippen molar-refractivity contribution in [3.8, 4) is 0 Å². The van der Waals surface area contributed by atoms with Crippen molar-refractivity contribution in [2.24, 2.45) is 5.92 Å². The zero-order valence-corrected chi connectivity index (χ0v) is 13.9. The average Bonchev–Trinajstić information content (AvgIpc) is 3.05. The number of amides is 1. The molecule has 2 saturated carbocycles. The first-order valence-electron chi connectivity index (χ1n) is 8.82. The van der Waals surface area contributed by atoms with Crippen LogP contribution in [-0.4, -0.2) is 47.4 Å². The van der Waals surface area contributed by atoms with Gasteiger partial charge in [-0.1, -0.05) is 18.1 Å². The fraction of sp³-hybridized carbons (Fsp3) is 0.625. The van der Waals surface area contributed by atoms with Crippen LogP contribution in [0.4, 0.5) is 0 Å². The normalized spacial score (nSPS) is 17.8. The average molecular weight is 343 g/mol. The van der Waals surface area contributed by atoms with Gasteiger partial charge in [-0.25, -0.2) is 4.98 Å². The number of tetrazole rings is 1. The molecule has 0 aliphatic heterocycles. The van der Waals surface area contributed by atoms with Gasteiger partial charge < -0.3 is 9.88 Å². The molecular formula is C16H21N7O2. The molecule has 0 bridgehead atoms. The van der Waals surface area contributed by atoms with E-state index in [-0.39, 0.29) is 29.6 Å². The molecule has 0 saturated heterocycles. The molecule has 2 aromatic heterocycles. The molecule has 2 aliphatic carbocycles. The first-order chi connectivity index (χ1) is 12.2. The third-order valence-electron chi connectivity index (χ3n) is 4.99. The largest absolute Gasteiger partial charge is 0.328 e. The van der Waals surface area contributed by atoms with Crippen molar-refractivity contribution < 1.29 is 4.79 Å². The molecular weight excluding hydrogens is 322 g/mol. The van der Waals surface area contributed by atoms with Crippen LogP contribution in [-0.2, 0) is 13.0 Å². The van der Waals surface area contributed by atoms with Gasteiger partial charge in [-0.2, -0.15) is 5.21 Å². The topological polar surface area (TPSA) is 121 Å². The second-order valence-electron chi connectivity index (χ2n) is 6.92. The zero-order valence-electron chi connectivity index (χ0n) is 13.9. The molecule has 2 fully saturated rings. The molecule has 1 amide bonds. The van der Waals surface area contributed by atoms with E-state index in [9.17, 15) is 9.59 Å². The summed E-state index contributed by atoms with van der Waals surface area (Å²) in [5, 5.41) is 13.8. The molecule has 0 radical (unpaired) electrons. The van der Waals surface area contributed by atoms with Gasteiger partial charge >= 0.3 is 0 Å². The van der Waals surface area contributed by atoms with Crippen molar-refractivity contribution >= 4 is 5.91 Å². The van der Waals surface area contributed by atoms with Crippen molar-refractivity contribution in [2.45, 2.75) is 57.5 Å². The zero-order chi connectivity index (χ0) is 17.2. The van der Waals surface area contributed by atoms with E-state index in [0.717, 1.165) is 32.1 Å². The molecule has 2 aliphatic rings. The number of aromatic amines is 2. The number of rotatable bonds is 6. The third kappa shape index (κ3) is 3.59. The van der Waals surface area contributed by atoms with E-state index in [1.165, 1.54) is 19.0 Å². The van der Waals surface area contributed by atoms with Gasteiger partial charge in [-0.3, -0.25) is 9.59 Å². The van der Waals surface area contributed by atoms with Crippen molar-refractivity contribution in [1.82, 2.24) is 35.5 Å². The Bertz CT molecular complexity index is 791. The van der Waals surface area contributed by atoms with Crippen molar-refractivity contribution in [2.75, 3.05) is 0 Å². The summed E-state index contributed by atoms with van der Waals surface area (Å²) in [4.78, 5) is 34.2. The Kier molecular flexibility index (Phi) is 4.29. The molecule has 9 nitrogen and oxygen atoms in total. The molecule has 4 rings (SSSR count). The number of nitrogens with one attached hydrogen (secondary N) is 2. The van der Waals surface area contributed by atoms with E-state index in [0.29, 0.717) is 17.6 Å². The highest BCUT2D eigenvalue weighted by Gasteiger charge is 2.30. The van der Waals surface area contributed by atoms with Crippen LogP contribution in [0.3, 0.4) is 0 Å². The minimum atomic E-state index is -0.369. The number of carbonyl (C=O) groups excluding carboxylic acids is 1. The Morgan fingerprint density at radius 2 is 2.04 bits per heavy atom. The van der Waals surface area contributed by atoms with Crippen LogP contribution < -0.4 is 5.56 Å². The fourth-order valence-corrected chi connectivity index (χ4v) is 3.42. The maximum Gasteiger partial charge on any atom is 0.263 e. The Morgan fingerprint density at radius 3 is 2.68 bits per heavy atom. The lowest BCUT2D eigenvalue weighted by Gasteiger charge is -2.27. The highest BCUT2D eigenvalue weighted by atomic mass is 16.2. The van der Waals surface area contributed by atoms with Crippen LogP contribution in [0, 0.1) is 5.92 Å². The van der Waals surface area contributed by atoms with Gasteiger partial charge in [0.1, 0.15) is 11.4 Å². The number of hydrogen-bond acceptors (Lipinski definition) is 6. The van der Waals surface area contributed by atoms with Crippen LogP contribution in [0.25, 0.3) is 0 Å². The van der Waals surface area contributed by atoms with Crippen LogP contribution >= 0.6 is 0 Å². The smallest absolute Gasteiger partial charge is 0.263 e. The molecule has 0 spiro atoms. The van der Waals surface area contributed by atoms with Crippen LogP contribution in [0.1, 0.15) is 60.5 Å². The van der Waals surface area contributed by atoms with E-state index < -0.39 is 0 Å². The van der Waals surface area contributed by atoms with Crippen LogP contribution in [0.2, 0.25) is 0 Å². The minimum absolute atomic E-state index is 0.0786. The van der Waals surface area contributed by atoms with Crippen LogP contribution in [0.15, 0.2) is 11.0 Å². The Morgan fingerprint density at radius 1 is 1.24 bits per heavy atom. The van der Waals surface area contributed by atoms with E-state index >= 15 is 0 Å². The van der Waals surface area contributed by atoms with Gasteiger partial charge in [0, 0.05) is 18.7 Å². The molecule has 132 valence electrons. The quantitative estimate of drug-likeness (QED) is 0.801. The van der Waals surface area contributed by atoms with E-state index in [2.05, 4.69) is 30.6 Å². The van der Waals surface area contributed by atoms with Gasteiger partial charge in [0.25, 0.3) is 11.5 Å². The first-order valence-corrected chi connectivity index (χ1v) is 8.82. The molecule has 2 N–H and O–H groups in total. The fourth-order valence-electron chi connectivity index (χ4n) is 3.42. The lowest BCUT2D eigenvalue weighted by molar-refractivity contribution is 0.0656. The Labute approximate surface area is 144 Å². The summed E-state index contributed by atoms with van der Waals surface area (Å²) < 4.78 is 0. The summed E-state index contributed by atoms with van der Waals surface area (Å²) in [6, 6.07) is 0.0940. The maximum absolute atomic E-state index is 13.0. The highest BCUT2D eigenvalue weighted by molar-refractivity contribution is 5.93. The second kappa shape index (κ2) is 6.73. The highest BCUT2D eigenvalue weighted by Crippen LogP contribution is 2.31. The Hall–Kier alpha value is -2.58. The van der Waals surface area contributed by atoms with Crippen molar-refractivity contribution in [3.63, 3.8) is 0 Å². The SMILES string of the molecule is O=C(c1cnc(CC2CC2)[nH]c1=O)N(Cc1nn[nH]n1)C1CCCC1. The monoisotopic (exact) mass is 343 g/mol. The summed E-state index contributed by atoms with van der Waals surface area (Å²) in [5.41, 5.74) is -0.290. The molecule has 9 heteroatoms. The van der Waals surface area contributed by atoms with Crippen molar-refractivity contribution in [3.05, 3.63) is 33.8 Å². The van der Waals surface area contributed by atoms with E-state index in [1.54, 1.807) is 4.90 Å². The summed E-state index contributed by atoms with van der Waals surface area (Å²) in [7, 11) is 0. The molecule has 0 atom stereocenters. The molecule has 2 aromatic rings. The predicted molar refractivity (Wildman–Crippen MR) is 87.6 cm³/mol. The van der Waals surface area contributed by atoms with Crippen molar-refractivity contribution in [1.29, 1.82) is 0 Å². The molecule has 25 heavy (non-hydrogen) atoms. The molecule has 0 unspecified atom stereocenters. The third-order valence-corrected chi connectivity index (χ3v) is 4.99. The number of H-pyrrole nitrogens is 2. The van der Waals surface area contributed by atoms with Gasteiger partial charge in [0.05, 0.1) is 6.54 Å². The van der Waals surface area contributed by atoms with Gasteiger partial charge in [0.15, 0.2) is 5.82 Å². The summed E-state index contributed by atoms with van der Waals surface area (Å²) in [5.74, 6) is 1.41. The second-order valence-corrected chi connectivity index (χ2v) is 6.92. The summed E-state index contributed by atoms with van der Waals surface area (Å²) in [6.45, 7) is 0.239. The maximum atomic E-state index is 13.0. The Balaban J connectivity index is 1.57. The minimum Gasteiger partial charge on any atom is -0.328 e. The molecule has 0 aromatic carbocycles. The number of hydrogen-bond donors (Lipinski definition) is 2. The molecule has 2 heterocycles. The first kappa shape index (κ1) is 15.9. The number of nitrogens with zero attached hydrogens (tertiary/aromatic N) is 5. The van der Waals surface area contributed by atoms with Crippen LogP contribution in [0.5, 0.6) is 0 Å². The predicted octanol–water partition coefficient (Wildman–Crippen LogP) is 0.820. The summed E-state index contributed by atoms with van der Waals surface area (Å²) >= 11 is 0. The standard InChI is InChI=1S/C16H21N7O2/c24-15-12(8-17-13(18-15)7-10-5-6-10)16(25)23(11-3-1-2-4-11)9-14-19-21-22-20-14/h8,10-11H,1-7,9H2,(H,17,18,24)(H,19,20,21,22).